The standard InChI is InChI=1S/C24H29Cl2N5O3/c25-18-12-27-13-19(26)21(18)23(32)30-20(24(33)34)8-11-31-10-7-15(14-31)3-5-17-6-4-16-2-1-9-28-22(16)29-17/h4,6,12-13,15,20H,1-3,5,7-11,14H2,(H,28,29)(H,30,32)(H,33,34)/t15-,20+/m0/s1. The highest BCUT2D eigenvalue weighted by Crippen LogP contribution is 2.25. The first-order chi connectivity index (χ1) is 16.4. The van der Waals surface area contributed by atoms with E-state index in [9.17, 15) is 14.7 Å². The summed E-state index contributed by atoms with van der Waals surface area (Å²) in [5.41, 5.74) is 2.46. The Labute approximate surface area is 209 Å². The number of aromatic nitrogens is 2. The summed E-state index contributed by atoms with van der Waals surface area (Å²) < 4.78 is 0. The molecular formula is C24H29Cl2N5O3. The number of aliphatic carboxylic acids is 1. The average Bonchev–Trinajstić information content (AvgIpc) is 3.28. The fourth-order valence-electron chi connectivity index (χ4n) is 4.64. The second-order valence-corrected chi connectivity index (χ2v) is 9.78. The van der Waals surface area contributed by atoms with Gasteiger partial charge in [-0.2, -0.15) is 0 Å². The molecule has 0 aliphatic carbocycles. The monoisotopic (exact) mass is 505 g/mol. The van der Waals surface area contributed by atoms with Gasteiger partial charge in [-0.05, 0) is 62.6 Å². The minimum atomic E-state index is -1.09. The molecule has 1 fully saturated rings. The molecule has 2 aromatic heterocycles. The van der Waals surface area contributed by atoms with Gasteiger partial charge in [-0.3, -0.25) is 9.78 Å². The summed E-state index contributed by atoms with van der Waals surface area (Å²) in [7, 11) is 0. The van der Waals surface area contributed by atoms with Crippen molar-refractivity contribution in [3.63, 3.8) is 0 Å². The molecule has 4 heterocycles. The van der Waals surface area contributed by atoms with E-state index in [1.807, 2.05) is 0 Å². The Kier molecular flexibility index (Phi) is 8.24. The molecule has 0 unspecified atom stereocenters. The number of carbonyl (C=O) groups excluding carboxylic acids is 1. The maximum absolute atomic E-state index is 12.6. The summed E-state index contributed by atoms with van der Waals surface area (Å²) in [4.78, 5) is 35.2. The quantitative estimate of drug-likeness (QED) is 0.477. The van der Waals surface area contributed by atoms with Crippen molar-refractivity contribution >= 4 is 40.9 Å². The smallest absolute Gasteiger partial charge is 0.326 e. The van der Waals surface area contributed by atoms with Crippen LogP contribution in [0.15, 0.2) is 24.5 Å². The Morgan fingerprint density at radius 1 is 1.26 bits per heavy atom. The van der Waals surface area contributed by atoms with Gasteiger partial charge in [0.15, 0.2) is 0 Å². The van der Waals surface area contributed by atoms with Gasteiger partial charge in [0.25, 0.3) is 5.91 Å². The van der Waals surface area contributed by atoms with E-state index < -0.39 is 17.9 Å². The highest BCUT2D eigenvalue weighted by Gasteiger charge is 2.27. The molecule has 1 saturated heterocycles. The Bertz CT molecular complexity index is 1030. The summed E-state index contributed by atoms with van der Waals surface area (Å²) in [6.45, 7) is 3.42. The number of aryl methyl sites for hydroxylation is 2. The zero-order chi connectivity index (χ0) is 24.1. The van der Waals surface area contributed by atoms with Gasteiger partial charge in [-0.15, -0.1) is 0 Å². The molecule has 3 N–H and O–H groups in total. The number of carbonyl (C=O) groups is 2. The van der Waals surface area contributed by atoms with Crippen molar-refractivity contribution in [3.05, 3.63) is 51.4 Å². The maximum Gasteiger partial charge on any atom is 0.326 e. The Morgan fingerprint density at radius 2 is 2.06 bits per heavy atom. The molecule has 0 aromatic carbocycles. The largest absolute Gasteiger partial charge is 0.480 e. The molecule has 2 atom stereocenters. The summed E-state index contributed by atoms with van der Waals surface area (Å²) >= 11 is 12.0. The topological polar surface area (TPSA) is 107 Å². The fourth-order valence-corrected chi connectivity index (χ4v) is 5.18. The number of amides is 1. The Hall–Kier alpha value is -2.42. The van der Waals surface area contributed by atoms with Crippen molar-refractivity contribution < 1.29 is 14.7 Å². The second kappa shape index (κ2) is 11.3. The molecule has 2 aliphatic heterocycles. The molecule has 0 spiro atoms. The lowest BCUT2D eigenvalue weighted by molar-refractivity contribution is -0.139. The van der Waals surface area contributed by atoms with Crippen LogP contribution in [0.4, 0.5) is 5.82 Å². The molecular weight excluding hydrogens is 477 g/mol. The number of carboxylic acids is 1. The van der Waals surface area contributed by atoms with Crippen LogP contribution in [0.25, 0.3) is 0 Å². The van der Waals surface area contributed by atoms with Crippen molar-refractivity contribution in [1.29, 1.82) is 0 Å². The van der Waals surface area contributed by atoms with Crippen LogP contribution < -0.4 is 10.6 Å². The van der Waals surface area contributed by atoms with Crippen LogP contribution in [0, 0.1) is 5.92 Å². The zero-order valence-corrected chi connectivity index (χ0v) is 20.4. The molecule has 0 bridgehead atoms. The van der Waals surface area contributed by atoms with Crippen LogP contribution in [-0.4, -0.2) is 64.1 Å². The van der Waals surface area contributed by atoms with Gasteiger partial charge in [-0.1, -0.05) is 29.3 Å². The number of anilines is 1. The van der Waals surface area contributed by atoms with Crippen molar-refractivity contribution in [2.75, 3.05) is 31.5 Å². The van der Waals surface area contributed by atoms with Crippen molar-refractivity contribution in [2.45, 2.75) is 44.6 Å². The van der Waals surface area contributed by atoms with Gasteiger partial charge in [0.2, 0.25) is 0 Å². The van der Waals surface area contributed by atoms with E-state index >= 15 is 0 Å². The molecule has 1 amide bonds. The minimum absolute atomic E-state index is 0.0387. The third kappa shape index (κ3) is 6.17. The number of fused-ring (bicyclic) bond motifs is 1. The zero-order valence-electron chi connectivity index (χ0n) is 18.9. The number of nitrogens with one attached hydrogen (secondary N) is 2. The molecule has 2 aliphatic rings. The van der Waals surface area contributed by atoms with Crippen LogP contribution in [0.3, 0.4) is 0 Å². The first kappa shape index (κ1) is 24.7. The highest BCUT2D eigenvalue weighted by molar-refractivity contribution is 6.39. The van der Waals surface area contributed by atoms with E-state index in [4.69, 9.17) is 28.2 Å². The Balaban J connectivity index is 1.24. The maximum atomic E-state index is 12.6. The summed E-state index contributed by atoms with van der Waals surface area (Å²) in [5, 5.41) is 15.7. The lowest BCUT2D eigenvalue weighted by atomic mass is 10.00. The highest BCUT2D eigenvalue weighted by atomic mass is 35.5. The third-order valence-corrected chi connectivity index (χ3v) is 7.12. The van der Waals surface area contributed by atoms with E-state index in [-0.39, 0.29) is 15.6 Å². The number of rotatable bonds is 9. The van der Waals surface area contributed by atoms with Gasteiger partial charge in [0.05, 0.1) is 15.6 Å². The lowest BCUT2D eigenvalue weighted by Gasteiger charge is -2.20. The fraction of sp³-hybridized carbons (Fsp3) is 0.500. The van der Waals surface area contributed by atoms with Gasteiger partial charge < -0.3 is 20.6 Å². The molecule has 0 radical (unpaired) electrons. The first-order valence-electron chi connectivity index (χ1n) is 11.7. The summed E-state index contributed by atoms with van der Waals surface area (Å²) in [6.07, 6.45) is 8.23. The van der Waals surface area contributed by atoms with E-state index in [2.05, 4.69) is 32.7 Å². The number of halogens is 2. The predicted octanol–water partition coefficient (Wildman–Crippen LogP) is 3.67. The number of likely N-dealkylation sites (tertiary alicyclic amines) is 1. The average molecular weight is 506 g/mol. The number of nitrogens with zero attached hydrogens (tertiary/aromatic N) is 3. The number of hydrogen-bond acceptors (Lipinski definition) is 6. The van der Waals surface area contributed by atoms with Crippen LogP contribution in [-0.2, 0) is 17.6 Å². The molecule has 34 heavy (non-hydrogen) atoms. The molecule has 2 aromatic rings. The van der Waals surface area contributed by atoms with Gasteiger partial charge in [0.1, 0.15) is 11.9 Å². The predicted molar refractivity (Wildman–Crippen MR) is 132 cm³/mol. The molecule has 4 rings (SSSR count). The molecule has 8 nitrogen and oxygen atoms in total. The van der Waals surface area contributed by atoms with E-state index in [1.54, 1.807) is 0 Å². The minimum Gasteiger partial charge on any atom is -0.480 e. The van der Waals surface area contributed by atoms with E-state index in [1.165, 1.54) is 18.0 Å². The van der Waals surface area contributed by atoms with Crippen LogP contribution in [0.2, 0.25) is 10.0 Å². The molecule has 0 saturated carbocycles. The second-order valence-electron chi connectivity index (χ2n) is 8.97. The van der Waals surface area contributed by atoms with Crippen LogP contribution in [0.5, 0.6) is 0 Å². The number of pyridine rings is 2. The lowest BCUT2D eigenvalue weighted by Crippen LogP contribution is -2.43. The summed E-state index contributed by atoms with van der Waals surface area (Å²) in [5.74, 6) is -0.111. The SMILES string of the molecule is O=C(N[C@H](CCN1CC[C@H](CCc2ccc3c(n2)NCCC3)C1)C(=O)O)c1c(Cl)cncc1Cl. The number of hydrogen-bond donors (Lipinski definition) is 3. The van der Waals surface area contributed by atoms with Gasteiger partial charge >= 0.3 is 5.97 Å². The van der Waals surface area contributed by atoms with Crippen molar-refractivity contribution in [1.82, 2.24) is 20.2 Å². The Morgan fingerprint density at radius 3 is 2.82 bits per heavy atom. The van der Waals surface area contributed by atoms with E-state index in [0.717, 1.165) is 63.3 Å². The summed E-state index contributed by atoms with van der Waals surface area (Å²) in [6, 6.07) is 3.30. The van der Waals surface area contributed by atoms with Gasteiger partial charge in [-0.25, -0.2) is 9.78 Å². The van der Waals surface area contributed by atoms with Gasteiger partial charge in [0, 0.05) is 37.7 Å². The molecule has 10 heteroatoms. The van der Waals surface area contributed by atoms with Crippen LogP contribution in [0.1, 0.15) is 47.3 Å². The van der Waals surface area contributed by atoms with Crippen molar-refractivity contribution in [3.8, 4) is 0 Å². The molecule has 182 valence electrons. The van der Waals surface area contributed by atoms with Crippen LogP contribution >= 0.6 is 23.2 Å². The number of carboxylic acid groups (broad SMARTS) is 1. The normalized spacial score (nSPS) is 18.7. The van der Waals surface area contributed by atoms with E-state index in [0.29, 0.717) is 18.9 Å². The van der Waals surface area contributed by atoms with Crippen molar-refractivity contribution in [2.24, 2.45) is 5.92 Å². The first-order valence-corrected chi connectivity index (χ1v) is 12.4. The third-order valence-electron chi connectivity index (χ3n) is 6.55.